The monoisotopic (exact) mass is 259 g/mol. The molecule has 19 heavy (non-hydrogen) atoms. The molecule has 0 saturated heterocycles. The number of benzene rings is 1. The second-order valence-electron chi connectivity index (χ2n) is 5.42. The number of hydrogen-bond acceptors (Lipinski definition) is 3. The first-order valence-corrected chi connectivity index (χ1v) is 6.73. The number of rotatable bonds is 5. The van der Waals surface area contributed by atoms with Gasteiger partial charge in [0.2, 0.25) is 0 Å². The topological polar surface area (TPSA) is 46.9 Å². The molecule has 4 nitrogen and oxygen atoms in total. The van der Waals surface area contributed by atoms with Crippen LogP contribution < -0.4 is 10.9 Å². The summed E-state index contributed by atoms with van der Waals surface area (Å²) in [5.41, 5.74) is 0.890. The summed E-state index contributed by atoms with van der Waals surface area (Å²) >= 11 is 0. The van der Waals surface area contributed by atoms with Crippen molar-refractivity contribution in [1.82, 2.24) is 14.9 Å². The maximum Gasteiger partial charge on any atom is 0.261 e. The molecule has 1 aromatic heterocycles. The Morgan fingerprint density at radius 1 is 1.32 bits per heavy atom. The van der Waals surface area contributed by atoms with Crippen LogP contribution in [0.5, 0.6) is 0 Å². The first-order chi connectivity index (χ1) is 9.03. The molecule has 2 rings (SSSR count). The first-order valence-electron chi connectivity index (χ1n) is 6.73. The summed E-state index contributed by atoms with van der Waals surface area (Å²) in [7, 11) is 0. The lowest BCUT2D eigenvalue weighted by Crippen LogP contribution is -2.41. The molecule has 0 aliphatic heterocycles. The van der Waals surface area contributed by atoms with Gasteiger partial charge >= 0.3 is 0 Å². The Morgan fingerprint density at radius 2 is 2.05 bits per heavy atom. The Morgan fingerprint density at radius 3 is 2.79 bits per heavy atom. The molecule has 0 bridgehead atoms. The van der Waals surface area contributed by atoms with Crippen LogP contribution in [-0.2, 0) is 6.54 Å². The van der Waals surface area contributed by atoms with Crippen molar-refractivity contribution >= 4 is 10.9 Å². The SMILES string of the molecule is CCC(C)(C)NCCn1cnc2ccccc2c1=O. The van der Waals surface area contributed by atoms with Crippen LogP contribution in [0.25, 0.3) is 10.9 Å². The molecule has 4 heteroatoms. The Bertz CT molecular complexity index is 616. The van der Waals surface area contributed by atoms with Crippen LogP contribution in [0.2, 0.25) is 0 Å². The summed E-state index contributed by atoms with van der Waals surface area (Å²) in [5, 5.41) is 4.13. The van der Waals surface area contributed by atoms with Gasteiger partial charge < -0.3 is 5.32 Å². The van der Waals surface area contributed by atoms with Gasteiger partial charge in [-0.3, -0.25) is 9.36 Å². The van der Waals surface area contributed by atoms with E-state index in [9.17, 15) is 4.79 Å². The lowest BCUT2D eigenvalue weighted by Gasteiger charge is -2.24. The fourth-order valence-corrected chi connectivity index (χ4v) is 1.91. The zero-order valence-electron chi connectivity index (χ0n) is 11.8. The van der Waals surface area contributed by atoms with E-state index in [1.165, 1.54) is 0 Å². The standard InChI is InChI=1S/C15H21N3O/c1-4-15(2,3)17-9-10-18-11-16-13-8-6-5-7-12(13)14(18)19/h5-8,11,17H,4,9-10H2,1-3H3. The van der Waals surface area contributed by atoms with Crippen LogP contribution in [0.4, 0.5) is 0 Å². The quantitative estimate of drug-likeness (QED) is 0.895. The van der Waals surface area contributed by atoms with Crippen molar-refractivity contribution in [1.29, 1.82) is 0 Å². The fourth-order valence-electron chi connectivity index (χ4n) is 1.91. The summed E-state index contributed by atoms with van der Waals surface area (Å²) in [5.74, 6) is 0. The molecular weight excluding hydrogens is 238 g/mol. The average molecular weight is 259 g/mol. The summed E-state index contributed by atoms with van der Waals surface area (Å²) in [4.78, 5) is 16.6. The molecule has 0 aliphatic carbocycles. The molecule has 0 radical (unpaired) electrons. The number of hydrogen-bond donors (Lipinski definition) is 1. The van der Waals surface area contributed by atoms with Gasteiger partial charge in [-0.05, 0) is 32.4 Å². The number of para-hydroxylation sites is 1. The number of fused-ring (bicyclic) bond motifs is 1. The normalized spacial score (nSPS) is 11.9. The molecule has 2 aromatic rings. The average Bonchev–Trinajstić information content (AvgIpc) is 2.42. The lowest BCUT2D eigenvalue weighted by atomic mass is 10.0. The second kappa shape index (κ2) is 5.53. The minimum Gasteiger partial charge on any atom is -0.310 e. The molecular formula is C15H21N3O. The molecule has 0 amide bonds. The van der Waals surface area contributed by atoms with Crippen molar-refractivity contribution in [3.8, 4) is 0 Å². The van der Waals surface area contributed by atoms with Crippen LogP contribution in [0.3, 0.4) is 0 Å². The third-order valence-corrected chi connectivity index (χ3v) is 3.57. The zero-order chi connectivity index (χ0) is 13.9. The Kier molecular flexibility index (Phi) is 4.00. The van der Waals surface area contributed by atoms with Crippen molar-refractivity contribution in [2.24, 2.45) is 0 Å². The molecule has 0 aliphatic rings. The Labute approximate surface area is 113 Å². The lowest BCUT2D eigenvalue weighted by molar-refractivity contribution is 0.366. The van der Waals surface area contributed by atoms with E-state index in [-0.39, 0.29) is 11.1 Å². The van der Waals surface area contributed by atoms with Gasteiger partial charge in [-0.1, -0.05) is 19.1 Å². The van der Waals surface area contributed by atoms with Crippen LogP contribution >= 0.6 is 0 Å². The van der Waals surface area contributed by atoms with Crippen LogP contribution in [0.1, 0.15) is 27.2 Å². The summed E-state index contributed by atoms with van der Waals surface area (Å²) in [6.07, 6.45) is 2.68. The molecule has 1 N–H and O–H groups in total. The maximum absolute atomic E-state index is 12.2. The van der Waals surface area contributed by atoms with E-state index >= 15 is 0 Å². The highest BCUT2D eigenvalue weighted by molar-refractivity contribution is 5.76. The Balaban J connectivity index is 2.14. The van der Waals surface area contributed by atoms with Crippen LogP contribution in [0.15, 0.2) is 35.4 Å². The van der Waals surface area contributed by atoms with Crippen molar-refractivity contribution in [2.75, 3.05) is 6.54 Å². The molecule has 1 heterocycles. The van der Waals surface area contributed by atoms with E-state index in [0.29, 0.717) is 11.9 Å². The summed E-state index contributed by atoms with van der Waals surface area (Å²) < 4.78 is 1.67. The molecule has 1 aromatic carbocycles. The van der Waals surface area contributed by atoms with Crippen molar-refractivity contribution in [3.63, 3.8) is 0 Å². The third kappa shape index (κ3) is 3.20. The van der Waals surface area contributed by atoms with Crippen LogP contribution in [-0.4, -0.2) is 21.6 Å². The molecule has 0 unspecified atom stereocenters. The third-order valence-electron chi connectivity index (χ3n) is 3.57. The van der Waals surface area contributed by atoms with E-state index in [0.717, 1.165) is 18.5 Å². The number of aromatic nitrogens is 2. The fraction of sp³-hybridized carbons (Fsp3) is 0.467. The van der Waals surface area contributed by atoms with Crippen molar-refractivity contribution in [2.45, 2.75) is 39.3 Å². The maximum atomic E-state index is 12.2. The first kappa shape index (κ1) is 13.7. The highest BCUT2D eigenvalue weighted by atomic mass is 16.1. The van der Waals surface area contributed by atoms with E-state index in [1.807, 2.05) is 24.3 Å². The highest BCUT2D eigenvalue weighted by Gasteiger charge is 2.13. The van der Waals surface area contributed by atoms with Gasteiger partial charge in [-0.25, -0.2) is 4.98 Å². The summed E-state index contributed by atoms with van der Waals surface area (Å²) in [6, 6.07) is 7.45. The van der Waals surface area contributed by atoms with E-state index < -0.39 is 0 Å². The van der Waals surface area contributed by atoms with Gasteiger partial charge in [0.15, 0.2) is 0 Å². The van der Waals surface area contributed by atoms with Gasteiger partial charge in [0.25, 0.3) is 5.56 Å². The van der Waals surface area contributed by atoms with E-state index in [4.69, 9.17) is 0 Å². The highest BCUT2D eigenvalue weighted by Crippen LogP contribution is 2.06. The van der Waals surface area contributed by atoms with Gasteiger partial charge in [-0.15, -0.1) is 0 Å². The smallest absolute Gasteiger partial charge is 0.261 e. The number of nitrogens with one attached hydrogen (secondary N) is 1. The summed E-state index contributed by atoms with van der Waals surface area (Å²) in [6.45, 7) is 7.88. The van der Waals surface area contributed by atoms with Crippen LogP contribution in [0, 0.1) is 0 Å². The minimum atomic E-state index is 0.0294. The van der Waals surface area contributed by atoms with Crippen molar-refractivity contribution < 1.29 is 0 Å². The molecule has 0 fully saturated rings. The zero-order valence-corrected chi connectivity index (χ0v) is 11.8. The minimum absolute atomic E-state index is 0.0294. The number of nitrogens with zero attached hydrogens (tertiary/aromatic N) is 2. The van der Waals surface area contributed by atoms with Gasteiger partial charge in [0, 0.05) is 18.6 Å². The molecule has 0 atom stereocenters. The van der Waals surface area contributed by atoms with E-state index in [2.05, 4.69) is 31.1 Å². The van der Waals surface area contributed by atoms with Gasteiger partial charge in [0.1, 0.15) is 0 Å². The molecule has 0 saturated carbocycles. The predicted octanol–water partition coefficient (Wildman–Crippen LogP) is 2.17. The van der Waals surface area contributed by atoms with Gasteiger partial charge in [-0.2, -0.15) is 0 Å². The largest absolute Gasteiger partial charge is 0.310 e. The molecule has 0 spiro atoms. The van der Waals surface area contributed by atoms with Crippen molar-refractivity contribution in [3.05, 3.63) is 40.9 Å². The molecule has 102 valence electrons. The second-order valence-corrected chi connectivity index (χ2v) is 5.42. The van der Waals surface area contributed by atoms with Gasteiger partial charge in [0.05, 0.1) is 17.2 Å². The Hall–Kier alpha value is -1.68. The van der Waals surface area contributed by atoms with E-state index in [1.54, 1.807) is 10.9 Å². The predicted molar refractivity (Wildman–Crippen MR) is 78.4 cm³/mol.